The number of anilines is 1. The first-order chi connectivity index (χ1) is 10.2. The van der Waals surface area contributed by atoms with Gasteiger partial charge >= 0.3 is 0 Å². The number of nitrogens with zero attached hydrogens (tertiary/aromatic N) is 1. The van der Waals surface area contributed by atoms with E-state index in [4.69, 9.17) is 5.73 Å². The number of aldehydes is 1. The molecule has 0 atom stereocenters. The number of rotatable bonds is 5. The summed E-state index contributed by atoms with van der Waals surface area (Å²) in [6, 6.07) is 5.56. The lowest BCUT2D eigenvalue weighted by Gasteiger charge is -2.31. The van der Waals surface area contributed by atoms with Gasteiger partial charge in [0, 0.05) is 30.3 Å². The highest BCUT2D eigenvalue weighted by molar-refractivity contribution is 5.85. The molecule has 0 saturated carbocycles. The van der Waals surface area contributed by atoms with Crippen LogP contribution >= 0.6 is 0 Å². The van der Waals surface area contributed by atoms with E-state index in [0.29, 0.717) is 24.3 Å². The van der Waals surface area contributed by atoms with Gasteiger partial charge in [0.05, 0.1) is 0 Å². The Balaban J connectivity index is 1.94. The van der Waals surface area contributed by atoms with Crippen LogP contribution in [0.25, 0.3) is 0 Å². The van der Waals surface area contributed by atoms with Crippen molar-refractivity contribution in [2.45, 2.75) is 26.3 Å². The van der Waals surface area contributed by atoms with Crippen molar-refractivity contribution in [3.8, 4) is 0 Å². The van der Waals surface area contributed by atoms with Gasteiger partial charge in [-0.1, -0.05) is 12.1 Å². The molecule has 5 nitrogen and oxygen atoms in total. The molecule has 1 fully saturated rings. The second-order valence-electron chi connectivity index (χ2n) is 5.48. The Bertz CT molecular complexity index is 508. The van der Waals surface area contributed by atoms with Crippen LogP contribution in [-0.2, 0) is 11.3 Å². The normalized spacial score (nSPS) is 16.6. The zero-order chi connectivity index (χ0) is 15.2. The van der Waals surface area contributed by atoms with Gasteiger partial charge in [-0.15, -0.1) is 0 Å². The van der Waals surface area contributed by atoms with Gasteiger partial charge in [-0.05, 0) is 44.5 Å². The lowest BCUT2D eigenvalue weighted by molar-refractivity contribution is -0.126. The van der Waals surface area contributed by atoms with Gasteiger partial charge in [-0.2, -0.15) is 0 Å². The third-order valence-electron chi connectivity index (χ3n) is 4.05. The zero-order valence-electron chi connectivity index (χ0n) is 12.5. The number of likely N-dealkylation sites (tertiary alicyclic amines) is 1. The van der Waals surface area contributed by atoms with Crippen LogP contribution in [0.1, 0.15) is 35.7 Å². The second-order valence-corrected chi connectivity index (χ2v) is 5.48. The van der Waals surface area contributed by atoms with Gasteiger partial charge < -0.3 is 11.1 Å². The number of nitrogens with two attached hydrogens (primary N) is 1. The van der Waals surface area contributed by atoms with E-state index < -0.39 is 0 Å². The van der Waals surface area contributed by atoms with Crippen LogP contribution in [-0.4, -0.2) is 36.7 Å². The number of nitrogens with one attached hydrogen (secondary N) is 1. The number of piperidine rings is 1. The summed E-state index contributed by atoms with van der Waals surface area (Å²) in [4.78, 5) is 25.2. The van der Waals surface area contributed by atoms with Gasteiger partial charge in [0.2, 0.25) is 5.91 Å². The van der Waals surface area contributed by atoms with Crippen LogP contribution in [0.5, 0.6) is 0 Å². The Morgan fingerprint density at radius 2 is 2.14 bits per heavy atom. The predicted molar refractivity (Wildman–Crippen MR) is 82.9 cm³/mol. The van der Waals surface area contributed by atoms with Crippen molar-refractivity contribution in [2.75, 3.05) is 25.4 Å². The van der Waals surface area contributed by atoms with E-state index in [0.717, 1.165) is 37.8 Å². The van der Waals surface area contributed by atoms with Gasteiger partial charge in [0.15, 0.2) is 6.29 Å². The Hall–Kier alpha value is -1.88. The largest absolute Gasteiger partial charge is 0.398 e. The topological polar surface area (TPSA) is 75.4 Å². The van der Waals surface area contributed by atoms with Crippen molar-refractivity contribution < 1.29 is 9.59 Å². The highest BCUT2D eigenvalue weighted by atomic mass is 16.1. The summed E-state index contributed by atoms with van der Waals surface area (Å²) in [5.41, 5.74) is 7.90. The summed E-state index contributed by atoms with van der Waals surface area (Å²) < 4.78 is 0. The first-order valence-electron chi connectivity index (χ1n) is 7.48. The molecule has 3 N–H and O–H groups in total. The molecule has 1 aliphatic rings. The van der Waals surface area contributed by atoms with Crippen molar-refractivity contribution in [1.82, 2.24) is 10.2 Å². The van der Waals surface area contributed by atoms with E-state index in [9.17, 15) is 9.59 Å². The number of carbonyl (C=O) groups excluding carboxylic acids is 2. The summed E-state index contributed by atoms with van der Waals surface area (Å²) in [5, 5.41) is 2.89. The maximum atomic E-state index is 11.8. The minimum Gasteiger partial charge on any atom is -0.398 e. The monoisotopic (exact) mass is 289 g/mol. The molecular weight excluding hydrogens is 266 g/mol. The molecule has 1 aromatic rings. The predicted octanol–water partition coefficient (Wildman–Crippen LogP) is 1.43. The van der Waals surface area contributed by atoms with E-state index in [1.807, 2.05) is 19.1 Å². The Labute approximate surface area is 125 Å². The maximum absolute atomic E-state index is 11.8. The van der Waals surface area contributed by atoms with Gasteiger partial charge in [-0.25, -0.2) is 0 Å². The molecule has 1 amide bonds. The van der Waals surface area contributed by atoms with Crippen LogP contribution in [0.2, 0.25) is 0 Å². The molecule has 1 saturated heterocycles. The third kappa shape index (κ3) is 3.82. The first-order valence-corrected chi connectivity index (χ1v) is 7.48. The fourth-order valence-corrected chi connectivity index (χ4v) is 2.83. The number of hydrogen-bond donors (Lipinski definition) is 2. The maximum Gasteiger partial charge on any atom is 0.223 e. The van der Waals surface area contributed by atoms with E-state index in [1.165, 1.54) is 0 Å². The average molecular weight is 289 g/mol. The molecule has 114 valence electrons. The standard InChI is InChI=1S/C16H23N3O2/c1-2-18-16(21)12-6-8-19(9-7-12)10-13-4-3-5-15(17)14(13)11-20/h3-5,11-12H,2,6-10,17H2,1H3,(H,18,21). The minimum absolute atomic E-state index is 0.118. The minimum atomic E-state index is 0.118. The van der Waals surface area contributed by atoms with E-state index >= 15 is 0 Å². The highest BCUT2D eigenvalue weighted by Gasteiger charge is 2.24. The third-order valence-corrected chi connectivity index (χ3v) is 4.05. The quantitative estimate of drug-likeness (QED) is 0.635. The van der Waals surface area contributed by atoms with Crippen molar-refractivity contribution in [2.24, 2.45) is 5.92 Å². The van der Waals surface area contributed by atoms with Gasteiger partial charge in [-0.3, -0.25) is 14.5 Å². The molecule has 0 spiro atoms. The van der Waals surface area contributed by atoms with E-state index in [2.05, 4.69) is 10.2 Å². The molecule has 0 bridgehead atoms. The van der Waals surface area contributed by atoms with E-state index in [1.54, 1.807) is 6.07 Å². The fraction of sp³-hybridized carbons (Fsp3) is 0.500. The SMILES string of the molecule is CCNC(=O)C1CCN(Cc2cccc(N)c2C=O)CC1. The van der Waals surface area contributed by atoms with Crippen molar-refractivity contribution in [1.29, 1.82) is 0 Å². The summed E-state index contributed by atoms with van der Waals surface area (Å²) >= 11 is 0. The smallest absolute Gasteiger partial charge is 0.223 e. The molecule has 5 heteroatoms. The lowest BCUT2D eigenvalue weighted by atomic mass is 9.95. The summed E-state index contributed by atoms with van der Waals surface area (Å²) in [7, 11) is 0. The van der Waals surface area contributed by atoms with Crippen LogP contribution < -0.4 is 11.1 Å². The molecule has 0 unspecified atom stereocenters. The van der Waals surface area contributed by atoms with Crippen molar-refractivity contribution >= 4 is 17.9 Å². The Kier molecular flexibility index (Phi) is 5.33. The number of amides is 1. The molecule has 1 aliphatic heterocycles. The molecule has 0 radical (unpaired) electrons. The van der Waals surface area contributed by atoms with Crippen LogP contribution in [0.15, 0.2) is 18.2 Å². The van der Waals surface area contributed by atoms with E-state index in [-0.39, 0.29) is 11.8 Å². The molecule has 0 aromatic heterocycles. The van der Waals surface area contributed by atoms with Crippen LogP contribution in [0.3, 0.4) is 0 Å². The molecule has 21 heavy (non-hydrogen) atoms. The number of nitrogen functional groups attached to an aromatic ring is 1. The summed E-state index contributed by atoms with van der Waals surface area (Å²) in [5.74, 6) is 0.280. The Morgan fingerprint density at radius 1 is 1.43 bits per heavy atom. The molecule has 1 heterocycles. The van der Waals surface area contributed by atoms with Crippen molar-refractivity contribution in [3.63, 3.8) is 0 Å². The molecule has 2 rings (SSSR count). The van der Waals surface area contributed by atoms with Gasteiger partial charge in [0.1, 0.15) is 0 Å². The fourth-order valence-electron chi connectivity index (χ4n) is 2.83. The Morgan fingerprint density at radius 3 is 2.76 bits per heavy atom. The summed E-state index contributed by atoms with van der Waals surface area (Å²) in [6.07, 6.45) is 2.56. The van der Waals surface area contributed by atoms with Gasteiger partial charge in [0.25, 0.3) is 0 Å². The zero-order valence-corrected chi connectivity index (χ0v) is 12.5. The number of benzene rings is 1. The van der Waals surface area contributed by atoms with Crippen LogP contribution in [0.4, 0.5) is 5.69 Å². The second kappa shape index (κ2) is 7.22. The highest BCUT2D eigenvalue weighted by Crippen LogP contribution is 2.22. The molecule has 1 aromatic carbocycles. The van der Waals surface area contributed by atoms with Crippen molar-refractivity contribution in [3.05, 3.63) is 29.3 Å². The summed E-state index contributed by atoms with van der Waals surface area (Å²) in [6.45, 7) is 5.07. The average Bonchev–Trinajstić information content (AvgIpc) is 2.48. The van der Waals surface area contributed by atoms with Crippen LogP contribution in [0, 0.1) is 5.92 Å². The number of hydrogen-bond acceptors (Lipinski definition) is 4. The number of carbonyl (C=O) groups is 2. The lowest BCUT2D eigenvalue weighted by Crippen LogP contribution is -2.40. The first kappa shape index (κ1) is 15.5. The molecule has 0 aliphatic carbocycles. The molecular formula is C16H23N3O2.